The Morgan fingerprint density at radius 1 is 1.36 bits per heavy atom. The highest BCUT2D eigenvalue weighted by atomic mass is 16.2. The van der Waals surface area contributed by atoms with E-state index in [4.69, 9.17) is 5.73 Å². The number of nitrogens with zero attached hydrogens (tertiary/aromatic N) is 1. The second-order valence-electron chi connectivity index (χ2n) is 3.50. The quantitative estimate of drug-likeness (QED) is 0.628. The Hall–Kier alpha value is -1.58. The van der Waals surface area contributed by atoms with Crippen LogP contribution in [0.5, 0.6) is 0 Å². The van der Waals surface area contributed by atoms with E-state index in [0.29, 0.717) is 12.1 Å². The predicted octanol–water partition coefficient (Wildman–Crippen LogP) is 1.29. The molecular weight excluding hydrogens is 180 g/mol. The number of carbonyl (C=O) groups is 2. The smallest absolute Gasteiger partial charge is 0.326 e. The van der Waals surface area contributed by atoms with Crippen molar-refractivity contribution in [3.8, 4) is 0 Å². The third-order valence-corrected chi connectivity index (χ3v) is 2.60. The molecule has 3 amide bonds. The van der Waals surface area contributed by atoms with E-state index >= 15 is 0 Å². The predicted molar refractivity (Wildman–Crippen MR) is 51.1 cm³/mol. The molecule has 1 aliphatic carbocycles. The van der Waals surface area contributed by atoms with Crippen molar-refractivity contribution in [1.29, 1.82) is 0 Å². The first-order chi connectivity index (χ1) is 6.70. The van der Waals surface area contributed by atoms with Gasteiger partial charge in [0.1, 0.15) is 0 Å². The molecule has 2 aliphatic rings. The minimum Gasteiger partial charge on any atom is -0.351 e. The lowest BCUT2D eigenvalue weighted by atomic mass is 9.93. The highest BCUT2D eigenvalue weighted by Crippen LogP contribution is 2.30. The van der Waals surface area contributed by atoms with E-state index < -0.39 is 6.03 Å². The Labute approximate surface area is 82.1 Å². The molecule has 4 heteroatoms. The molecule has 0 aromatic carbocycles. The van der Waals surface area contributed by atoms with E-state index in [-0.39, 0.29) is 5.91 Å². The summed E-state index contributed by atoms with van der Waals surface area (Å²) in [7, 11) is 0. The first kappa shape index (κ1) is 8.99. The Kier molecular flexibility index (Phi) is 2.11. The Morgan fingerprint density at radius 3 is 2.86 bits per heavy atom. The molecule has 0 fully saturated rings. The van der Waals surface area contributed by atoms with E-state index in [0.717, 1.165) is 24.2 Å². The van der Waals surface area contributed by atoms with Crippen LogP contribution in [-0.4, -0.2) is 16.8 Å². The van der Waals surface area contributed by atoms with Gasteiger partial charge in [0, 0.05) is 6.42 Å². The van der Waals surface area contributed by atoms with Crippen molar-refractivity contribution in [3.63, 3.8) is 0 Å². The molecule has 0 spiro atoms. The number of carbonyl (C=O) groups excluding carboxylic acids is 2. The van der Waals surface area contributed by atoms with Crippen LogP contribution in [-0.2, 0) is 4.79 Å². The second kappa shape index (κ2) is 3.29. The van der Waals surface area contributed by atoms with Crippen LogP contribution in [0.3, 0.4) is 0 Å². The van der Waals surface area contributed by atoms with Crippen molar-refractivity contribution in [2.24, 2.45) is 5.73 Å². The van der Waals surface area contributed by atoms with Crippen molar-refractivity contribution in [2.75, 3.05) is 0 Å². The average molecular weight is 192 g/mol. The summed E-state index contributed by atoms with van der Waals surface area (Å²) in [6, 6.07) is -0.672. The lowest BCUT2D eigenvalue weighted by Crippen LogP contribution is -2.42. The monoisotopic (exact) mass is 192 g/mol. The molecule has 0 bridgehead atoms. The second-order valence-corrected chi connectivity index (χ2v) is 3.50. The highest BCUT2D eigenvalue weighted by Gasteiger charge is 2.29. The molecule has 2 N–H and O–H groups in total. The van der Waals surface area contributed by atoms with Crippen LogP contribution in [0.15, 0.2) is 23.4 Å². The topological polar surface area (TPSA) is 63.4 Å². The van der Waals surface area contributed by atoms with Crippen molar-refractivity contribution < 1.29 is 9.59 Å². The Balaban J connectivity index is 2.40. The summed E-state index contributed by atoms with van der Waals surface area (Å²) in [5, 5.41) is 0. The number of imide groups is 1. The lowest BCUT2D eigenvalue weighted by molar-refractivity contribution is -0.127. The van der Waals surface area contributed by atoms with Crippen molar-refractivity contribution in [1.82, 2.24) is 4.90 Å². The van der Waals surface area contributed by atoms with Gasteiger partial charge in [-0.1, -0.05) is 6.08 Å². The molecule has 2 rings (SSSR count). The molecule has 0 unspecified atom stereocenters. The van der Waals surface area contributed by atoms with Gasteiger partial charge in [0.25, 0.3) is 0 Å². The molecule has 0 saturated heterocycles. The summed E-state index contributed by atoms with van der Waals surface area (Å²) in [6.07, 6.45) is 6.87. The fourth-order valence-electron chi connectivity index (χ4n) is 1.93. The summed E-state index contributed by atoms with van der Waals surface area (Å²) in [4.78, 5) is 23.6. The normalized spacial score (nSPS) is 21.1. The van der Waals surface area contributed by atoms with E-state index in [9.17, 15) is 9.59 Å². The van der Waals surface area contributed by atoms with E-state index in [1.54, 1.807) is 0 Å². The van der Waals surface area contributed by atoms with Crippen LogP contribution in [0.2, 0.25) is 0 Å². The first-order valence-electron chi connectivity index (χ1n) is 4.71. The molecule has 1 heterocycles. The molecule has 14 heavy (non-hydrogen) atoms. The largest absolute Gasteiger partial charge is 0.351 e. The number of allylic oxidation sites excluding steroid dienone is 3. The summed E-state index contributed by atoms with van der Waals surface area (Å²) in [6.45, 7) is 0. The molecule has 0 saturated carbocycles. The van der Waals surface area contributed by atoms with Crippen LogP contribution in [0, 0.1) is 0 Å². The number of primary amides is 1. The molecular formula is C10H12N2O2. The van der Waals surface area contributed by atoms with Gasteiger partial charge in [-0.3, -0.25) is 4.79 Å². The number of urea groups is 1. The summed E-state index contributed by atoms with van der Waals surface area (Å²) in [5.41, 5.74) is 7.04. The maximum atomic E-state index is 11.4. The fraction of sp³-hybridized carbons (Fsp3) is 0.400. The van der Waals surface area contributed by atoms with Gasteiger partial charge in [0.05, 0.1) is 5.70 Å². The van der Waals surface area contributed by atoms with E-state index in [1.807, 2.05) is 12.2 Å². The minimum atomic E-state index is -0.672. The molecule has 0 atom stereocenters. The third kappa shape index (κ3) is 1.32. The maximum Gasteiger partial charge on any atom is 0.326 e. The van der Waals surface area contributed by atoms with Crippen LogP contribution < -0.4 is 5.73 Å². The molecule has 1 aliphatic heterocycles. The molecule has 74 valence electrons. The molecule has 0 aromatic heterocycles. The van der Waals surface area contributed by atoms with E-state index in [2.05, 4.69) is 0 Å². The van der Waals surface area contributed by atoms with Gasteiger partial charge in [-0.15, -0.1) is 0 Å². The maximum absolute atomic E-state index is 11.4. The van der Waals surface area contributed by atoms with Crippen LogP contribution in [0.25, 0.3) is 0 Å². The minimum absolute atomic E-state index is 0.192. The fourth-order valence-corrected chi connectivity index (χ4v) is 1.93. The zero-order chi connectivity index (χ0) is 10.1. The summed E-state index contributed by atoms with van der Waals surface area (Å²) >= 11 is 0. The SMILES string of the molecule is NC(=O)N1C(=O)CCC2=C1C=CCC2. The Morgan fingerprint density at radius 2 is 2.14 bits per heavy atom. The standard InChI is InChI=1S/C10H12N2O2/c11-10(14)12-8-4-2-1-3-7(8)5-6-9(12)13/h2,4H,1,3,5-6H2,(H2,11,14). The van der Waals surface area contributed by atoms with Gasteiger partial charge in [0.15, 0.2) is 0 Å². The van der Waals surface area contributed by atoms with Crippen molar-refractivity contribution in [2.45, 2.75) is 25.7 Å². The molecule has 4 nitrogen and oxygen atoms in total. The van der Waals surface area contributed by atoms with Gasteiger partial charge >= 0.3 is 6.03 Å². The van der Waals surface area contributed by atoms with Crippen molar-refractivity contribution >= 4 is 11.9 Å². The zero-order valence-corrected chi connectivity index (χ0v) is 7.82. The van der Waals surface area contributed by atoms with Crippen molar-refractivity contribution in [3.05, 3.63) is 23.4 Å². The van der Waals surface area contributed by atoms with Crippen LogP contribution in [0.1, 0.15) is 25.7 Å². The summed E-state index contributed by atoms with van der Waals surface area (Å²) < 4.78 is 0. The van der Waals surface area contributed by atoms with Gasteiger partial charge in [-0.05, 0) is 30.9 Å². The van der Waals surface area contributed by atoms with Gasteiger partial charge in [0.2, 0.25) is 5.91 Å². The zero-order valence-electron chi connectivity index (χ0n) is 7.82. The summed E-state index contributed by atoms with van der Waals surface area (Å²) in [5.74, 6) is -0.192. The van der Waals surface area contributed by atoms with Gasteiger partial charge in [-0.25, -0.2) is 9.69 Å². The number of hydrogen-bond acceptors (Lipinski definition) is 2. The average Bonchev–Trinajstić information content (AvgIpc) is 2.17. The third-order valence-electron chi connectivity index (χ3n) is 2.60. The lowest BCUT2D eigenvalue weighted by Gasteiger charge is -2.29. The highest BCUT2D eigenvalue weighted by molar-refractivity contribution is 5.97. The van der Waals surface area contributed by atoms with Gasteiger partial charge < -0.3 is 5.73 Å². The number of rotatable bonds is 0. The van der Waals surface area contributed by atoms with E-state index in [1.165, 1.54) is 5.57 Å². The molecule has 0 aromatic rings. The Bertz CT molecular complexity index is 355. The number of hydrogen-bond donors (Lipinski definition) is 1. The number of amides is 3. The first-order valence-corrected chi connectivity index (χ1v) is 4.71. The van der Waals surface area contributed by atoms with Crippen LogP contribution in [0.4, 0.5) is 4.79 Å². The van der Waals surface area contributed by atoms with Gasteiger partial charge in [-0.2, -0.15) is 0 Å². The molecule has 0 radical (unpaired) electrons. The van der Waals surface area contributed by atoms with Crippen LogP contribution >= 0.6 is 0 Å². The number of nitrogens with two attached hydrogens (primary N) is 1.